The molecule has 0 bridgehead atoms. The minimum absolute atomic E-state index is 0.0535. The van der Waals surface area contributed by atoms with E-state index < -0.39 is 0 Å². The molecule has 2 N–H and O–H groups in total. The van der Waals surface area contributed by atoms with Crippen molar-refractivity contribution in [3.05, 3.63) is 33.8 Å². The van der Waals surface area contributed by atoms with Crippen LogP contribution in [-0.2, 0) is 0 Å². The van der Waals surface area contributed by atoms with Gasteiger partial charge in [0.1, 0.15) is 0 Å². The first-order valence-electron chi connectivity index (χ1n) is 7.22. The summed E-state index contributed by atoms with van der Waals surface area (Å²) in [4.78, 5) is 12.3. The number of carbonyl (C=O) groups excluding carboxylic acids is 1. The van der Waals surface area contributed by atoms with Crippen molar-refractivity contribution in [2.45, 2.75) is 39.0 Å². The average Bonchev–Trinajstić information content (AvgIpc) is 2.48. The average molecular weight is 340 g/mol. The smallest absolute Gasteiger partial charge is 0.251 e. The number of aliphatic hydroxyl groups excluding tert-OH is 1. The van der Waals surface area contributed by atoms with E-state index in [1.807, 2.05) is 25.1 Å². The molecule has 0 saturated heterocycles. The van der Waals surface area contributed by atoms with Gasteiger partial charge in [0.05, 0.1) is 6.61 Å². The van der Waals surface area contributed by atoms with Crippen molar-refractivity contribution >= 4 is 21.8 Å². The molecule has 0 aliphatic heterocycles. The van der Waals surface area contributed by atoms with Gasteiger partial charge in [0, 0.05) is 22.0 Å². The quantitative estimate of drug-likeness (QED) is 0.882. The molecule has 0 spiro atoms. The summed E-state index contributed by atoms with van der Waals surface area (Å²) < 4.78 is 0.944. The van der Waals surface area contributed by atoms with E-state index in [4.69, 9.17) is 0 Å². The first-order valence-corrected chi connectivity index (χ1v) is 8.01. The van der Waals surface area contributed by atoms with Gasteiger partial charge in [0.25, 0.3) is 5.91 Å². The number of aliphatic hydroxyl groups is 1. The molecule has 0 heterocycles. The van der Waals surface area contributed by atoms with Crippen LogP contribution in [0.4, 0.5) is 0 Å². The Morgan fingerprint density at radius 2 is 2.05 bits per heavy atom. The van der Waals surface area contributed by atoms with E-state index in [2.05, 4.69) is 21.2 Å². The van der Waals surface area contributed by atoms with Crippen molar-refractivity contribution < 1.29 is 9.90 Å². The highest BCUT2D eigenvalue weighted by molar-refractivity contribution is 9.10. The first kappa shape index (κ1) is 15.5. The summed E-state index contributed by atoms with van der Waals surface area (Å²) in [5, 5.41) is 12.7. The normalized spacial score (nSPS) is 17.8. The molecule has 2 rings (SSSR count). The predicted octanol–water partition coefficient (Wildman–Crippen LogP) is 3.43. The number of carbonyl (C=O) groups is 1. The minimum atomic E-state index is -0.117. The number of hydrogen-bond donors (Lipinski definition) is 2. The molecule has 1 aromatic carbocycles. The molecule has 4 heteroatoms. The number of rotatable bonds is 4. The standard InChI is InChI=1S/C16H22BrNO2/c1-12-13(6-5-7-14(12)17)15(20)18-10-16(11-19)8-3-2-4-9-16/h5-7,19H,2-4,8-11H2,1H3,(H,18,20). The summed E-state index contributed by atoms with van der Waals surface area (Å²) in [6, 6.07) is 5.64. The van der Waals surface area contributed by atoms with Gasteiger partial charge in [-0.2, -0.15) is 0 Å². The highest BCUT2D eigenvalue weighted by Crippen LogP contribution is 2.35. The van der Waals surface area contributed by atoms with E-state index >= 15 is 0 Å². The van der Waals surface area contributed by atoms with Crippen molar-refractivity contribution in [3.8, 4) is 0 Å². The highest BCUT2D eigenvalue weighted by Gasteiger charge is 2.31. The van der Waals surface area contributed by atoms with Crippen LogP contribution in [0, 0.1) is 12.3 Å². The van der Waals surface area contributed by atoms with E-state index in [0.717, 1.165) is 35.7 Å². The van der Waals surface area contributed by atoms with Crippen LogP contribution in [0.5, 0.6) is 0 Å². The van der Waals surface area contributed by atoms with E-state index in [-0.39, 0.29) is 17.9 Å². The first-order chi connectivity index (χ1) is 9.58. The monoisotopic (exact) mass is 339 g/mol. The number of amides is 1. The molecule has 1 amide bonds. The highest BCUT2D eigenvalue weighted by atomic mass is 79.9. The van der Waals surface area contributed by atoms with Crippen LogP contribution in [0.2, 0.25) is 0 Å². The Balaban J connectivity index is 2.02. The van der Waals surface area contributed by atoms with Crippen molar-refractivity contribution in [2.24, 2.45) is 5.41 Å². The number of nitrogens with one attached hydrogen (secondary N) is 1. The number of hydrogen-bond acceptors (Lipinski definition) is 2. The zero-order valence-electron chi connectivity index (χ0n) is 11.9. The van der Waals surface area contributed by atoms with Crippen LogP contribution in [0.3, 0.4) is 0 Å². The minimum Gasteiger partial charge on any atom is -0.396 e. The van der Waals surface area contributed by atoms with Gasteiger partial charge >= 0.3 is 0 Å². The second-order valence-corrected chi connectivity index (χ2v) is 6.67. The largest absolute Gasteiger partial charge is 0.396 e. The zero-order chi connectivity index (χ0) is 14.6. The Kier molecular flexibility index (Phi) is 5.22. The molecule has 1 aromatic rings. The van der Waals surface area contributed by atoms with Crippen molar-refractivity contribution in [1.29, 1.82) is 0 Å². The molecule has 3 nitrogen and oxygen atoms in total. The van der Waals surface area contributed by atoms with Crippen molar-refractivity contribution in [2.75, 3.05) is 13.2 Å². The molecule has 0 unspecified atom stereocenters. The van der Waals surface area contributed by atoms with Crippen LogP contribution in [0.1, 0.15) is 48.0 Å². The van der Waals surface area contributed by atoms with Gasteiger partial charge < -0.3 is 10.4 Å². The maximum Gasteiger partial charge on any atom is 0.251 e. The van der Waals surface area contributed by atoms with Gasteiger partial charge in [-0.1, -0.05) is 41.3 Å². The van der Waals surface area contributed by atoms with Crippen LogP contribution < -0.4 is 5.32 Å². The van der Waals surface area contributed by atoms with Gasteiger partial charge in [-0.05, 0) is 37.5 Å². The second kappa shape index (κ2) is 6.72. The predicted molar refractivity (Wildman–Crippen MR) is 83.8 cm³/mol. The molecule has 1 saturated carbocycles. The van der Waals surface area contributed by atoms with Gasteiger partial charge in [-0.15, -0.1) is 0 Å². The summed E-state index contributed by atoms with van der Waals surface area (Å²) >= 11 is 3.45. The summed E-state index contributed by atoms with van der Waals surface area (Å²) in [7, 11) is 0. The summed E-state index contributed by atoms with van der Waals surface area (Å²) in [5.74, 6) is -0.0535. The van der Waals surface area contributed by atoms with Gasteiger partial charge in [0.15, 0.2) is 0 Å². The van der Waals surface area contributed by atoms with Gasteiger partial charge in [-0.25, -0.2) is 0 Å². The van der Waals surface area contributed by atoms with Crippen LogP contribution >= 0.6 is 15.9 Å². The van der Waals surface area contributed by atoms with E-state index in [1.165, 1.54) is 6.42 Å². The van der Waals surface area contributed by atoms with Gasteiger partial charge in [-0.3, -0.25) is 4.79 Å². The summed E-state index contributed by atoms with van der Waals surface area (Å²) in [6.45, 7) is 2.65. The fraction of sp³-hybridized carbons (Fsp3) is 0.562. The Hall–Kier alpha value is -0.870. The lowest BCUT2D eigenvalue weighted by Gasteiger charge is -2.35. The lowest BCUT2D eigenvalue weighted by atomic mass is 9.74. The Labute approximate surface area is 128 Å². The fourth-order valence-corrected chi connectivity index (χ4v) is 3.28. The third-order valence-electron chi connectivity index (χ3n) is 4.39. The third kappa shape index (κ3) is 3.41. The molecule has 0 aromatic heterocycles. The zero-order valence-corrected chi connectivity index (χ0v) is 13.5. The SMILES string of the molecule is Cc1c(Br)cccc1C(=O)NCC1(CO)CCCCC1. The number of benzene rings is 1. The van der Waals surface area contributed by atoms with Crippen molar-refractivity contribution in [3.63, 3.8) is 0 Å². The van der Waals surface area contributed by atoms with E-state index in [1.54, 1.807) is 0 Å². The molecular weight excluding hydrogens is 318 g/mol. The van der Waals surface area contributed by atoms with Crippen LogP contribution in [0.15, 0.2) is 22.7 Å². The van der Waals surface area contributed by atoms with Crippen LogP contribution in [0.25, 0.3) is 0 Å². The van der Waals surface area contributed by atoms with Gasteiger partial charge in [0.2, 0.25) is 0 Å². The number of halogens is 1. The maximum absolute atomic E-state index is 12.3. The molecule has 0 atom stereocenters. The second-order valence-electron chi connectivity index (χ2n) is 5.81. The Morgan fingerprint density at radius 1 is 1.35 bits per heavy atom. The lowest BCUT2D eigenvalue weighted by molar-refractivity contribution is 0.0717. The maximum atomic E-state index is 12.3. The summed E-state index contributed by atoms with van der Waals surface area (Å²) in [5.41, 5.74) is 1.53. The van der Waals surface area contributed by atoms with E-state index in [9.17, 15) is 9.90 Å². The molecule has 20 heavy (non-hydrogen) atoms. The van der Waals surface area contributed by atoms with Crippen molar-refractivity contribution in [1.82, 2.24) is 5.32 Å². The lowest BCUT2D eigenvalue weighted by Crippen LogP contribution is -2.41. The molecule has 1 aliphatic carbocycles. The third-order valence-corrected chi connectivity index (χ3v) is 5.24. The Morgan fingerprint density at radius 3 is 2.70 bits per heavy atom. The topological polar surface area (TPSA) is 49.3 Å². The molecule has 1 aliphatic rings. The summed E-state index contributed by atoms with van der Waals surface area (Å²) in [6.07, 6.45) is 5.53. The molecule has 0 radical (unpaired) electrons. The van der Waals surface area contributed by atoms with E-state index in [0.29, 0.717) is 12.1 Å². The van der Waals surface area contributed by atoms with Crippen LogP contribution in [-0.4, -0.2) is 24.2 Å². The molecular formula is C16H22BrNO2. The Bertz CT molecular complexity index is 481. The fourth-order valence-electron chi connectivity index (χ4n) is 2.91. The molecule has 110 valence electrons. The molecule has 1 fully saturated rings.